The lowest BCUT2D eigenvalue weighted by Gasteiger charge is -2.08. The first-order chi connectivity index (χ1) is 9.19. The third-order valence-electron chi connectivity index (χ3n) is 3.09. The summed E-state index contributed by atoms with van der Waals surface area (Å²) in [6.07, 6.45) is 1.84. The van der Waals surface area contributed by atoms with E-state index in [1.165, 1.54) is 20.7 Å². The Bertz CT molecular complexity index is 901. The Morgan fingerprint density at radius 1 is 1.37 bits per heavy atom. The summed E-state index contributed by atoms with van der Waals surface area (Å²) >= 11 is 1.37. The maximum atomic E-state index is 12.4. The molecule has 0 N–H and O–H groups in total. The van der Waals surface area contributed by atoms with Crippen LogP contribution in [0.1, 0.15) is 5.56 Å². The molecule has 2 heterocycles. The van der Waals surface area contributed by atoms with Gasteiger partial charge in [-0.05, 0) is 18.4 Å². The molecule has 2 aromatic heterocycles. The molecular formula is C13H10N4OS. The van der Waals surface area contributed by atoms with Gasteiger partial charge in [-0.25, -0.2) is 14.2 Å². The maximum Gasteiger partial charge on any atom is 0.335 e. The lowest BCUT2D eigenvalue weighted by atomic mass is 10.3. The van der Waals surface area contributed by atoms with Gasteiger partial charge in [0.05, 0.1) is 11.0 Å². The van der Waals surface area contributed by atoms with Crippen LogP contribution in [0.25, 0.3) is 16.7 Å². The normalized spacial score (nSPS) is 11.0. The van der Waals surface area contributed by atoms with Gasteiger partial charge in [0.2, 0.25) is 0 Å². The summed E-state index contributed by atoms with van der Waals surface area (Å²) in [6, 6.07) is 9.53. The molecule has 19 heavy (non-hydrogen) atoms. The molecule has 0 radical (unpaired) electrons. The minimum atomic E-state index is -0.188. The molecule has 0 fully saturated rings. The summed E-state index contributed by atoms with van der Waals surface area (Å²) in [4.78, 5) is 16.8. The molecular weight excluding hydrogens is 260 g/mol. The Balaban J connectivity index is 2.69. The predicted molar refractivity (Wildman–Crippen MR) is 74.4 cm³/mol. The molecule has 0 saturated carbocycles. The van der Waals surface area contributed by atoms with E-state index >= 15 is 0 Å². The first kappa shape index (κ1) is 11.8. The Morgan fingerprint density at radius 2 is 2.11 bits per heavy atom. The third kappa shape index (κ3) is 1.48. The number of hydrogen-bond donors (Lipinski definition) is 0. The second-order valence-electron chi connectivity index (χ2n) is 4.10. The Labute approximate surface area is 113 Å². The van der Waals surface area contributed by atoms with Gasteiger partial charge in [-0.15, -0.1) is 11.8 Å². The van der Waals surface area contributed by atoms with Crippen LogP contribution in [-0.2, 0) is 7.05 Å². The standard InChI is InChI=1S/C13H10N4OS/c1-16-12(19-2)8(7-14)11-15-9-5-3-4-6-10(9)17(11)13(16)18/h3-6H,1-2H3. The van der Waals surface area contributed by atoms with Crippen molar-refractivity contribution in [3.63, 3.8) is 0 Å². The van der Waals surface area contributed by atoms with Crippen LogP contribution in [0.3, 0.4) is 0 Å². The first-order valence-electron chi connectivity index (χ1n) is 5.63. The number of aromatic nitrogens is 3. The second-order valence-corrected chi connectivity index (χ2v) is 4.89. The van der Waals surface area contributed by atoms with Crippen molar-refractivity contribution in [2.45, 2.75) is 5.03 Å². The van der Waals surface area contributed by atoms with E-state index in [4.69, 9.17) is 0 Å². The van der Waals surface area contributed by atoms with E-state index in [1.807, 2.05) is 30.5 Å². The quantitative estimate of drug-likeness (QED) is 0.499. The molecule has 0 amide bonds. The minimum Gasteiger partial charge on any atom is -0.290 e. The summed E-state index contributed by atoms with van der Waals surface area (Å²) in [5.41, 5.74) is 2.12. The van der Waals surface area contributed by atoms with Gasteiger partial charge in [0.1, 0.15) is 16.7 Å². The van der Waals surface area contributed by atoms with Crippen LogP contribution in [0.5, 0.6) is 0 Å². The number of rotatable bonds is 1. The molecule has 0 atom stereocenters. The van der Waals surface area contributed by atoms with Crippen molar-refractivity contribution in [3.8, 4) is 6.07 Å². The zero-order chi connectivity index (χ0) is 13.6. The fourth-order valence-electron chi connectivity index (χ4n) is 2.22. The van der Waals surface area contributed by atoms with E-state index in [0.29, 0.717) is 21.8 Å². The molecule has 3 aromatic rings. The van der Waals surface area contributed by atoms with Gasteiger partial charge in [0, 0.05) is 7.05 Å². The van der Waals surface area contributed by atoms with Gasteiger partial charge < -0.3 is 0 Å². The third-order valence-corrected chi connectivity index (χ3v) is 3.95. The molecule has 0 unspecified atom stereocenters. The van der Waals surface area contributed by atoms with Crippen molar-refractivity contribution >= 4 is 28.4 Å². The van der Waals surface area contributed by atoms with Gasteiger partial charge in [0.25, 0.3) is 0 Å². The monoisotopic (exact) mass is 270 g/mol. The Hall–Kier alpha value is -2.26. The summed E-state index contributed by atoms with van der Waals surface area (Å²) in [5.74, 6) is 0. The fourth-order valence-corrected chi connectivity index (χ4v) is 2.92. The average molecular weight is 270 g/mol. The number of para-hydroxylation sites is 2. The number of hydrogen-bond acceptors (Lipinski definition) is 4. The molecule has 3 rings (SSSR count). The van der Waals surface area contributed by atoms with E-state index < -0.39 is 0 Å². The van der Waals surface area contributed by atoms with E-state index in [2.05, 4.69) is 11.1 Å². The SMILES string of the molecule is CSc1c(C#N)c2nc3ccccc3n2c(=O)n1C. The highest BCUT2D eigenvalue weighted by Gasteiger charge is 2.17. The topological polar surface area (TPSA) is 63.1 Å². The largest absolute Gasteiger partial charge is 0.335 e. The highest BCUT2D eigenvalue weighted by atomic mass is 32.2. The molecule has 0 aliphatic carbocycles. The van der Waals surface area contributed by atoms with Gasteiger partial charge in [-0.3, -0.25) is 4.57 Å². The smallest absolute Gasteiger partial charge is 0.290 e. The van der Waals surface area contributed by atoms with Crippen LogP contribution >= 0.6 is 11.8 Å². The van der Waals surface area contributed by atoms with Crippen LogP contribution in [-0.4, -0.2) is 20.2 Å². The van der Waals surface area contributed by atoms with Crippen LogP contribution < -0.4 is 5.69 Å². The van der Waals surface area contributed by atoms with Crippen LogP contribution in [0.2, 0.25) is 0 Å². The Kier molecular flexibility index (Phi) is 2.57. The molecule has 0 bridgehead atoms. The minimum absolute atomic E-state index is 0.188. The lowest BCUT2D eigenvalue weighted by Crippen LogP contribution is -2.26. The average Bonchev–Trinajstić information content (AvgIpc) is 2.81. The summed E-state index contributed by atoms with van der Waals surface area (Å²) in [7, 11) is 1.67. The van der Waals surface area contributed by atoms with Crippen LogP contribution in [0, 0.1) is 11.3 Å². The number of nitriles is 1. The molecule has 0 spiro atoms. The fraction of sp³-hybridized carbons (Fsp3) is 0.154. The van der Waals surface area contributed by atoms with E-state index in [9.17, 15) is 10.1 Å². The summed E-state index contributed by atoms with van der Waals surface area (Å²) in [5, 5.41) is 9.99. The number of thioether (sulfide) groups is 1. The van der Waals surface area contributed by atoms with Crippen molar-refractivity contribution in [2.24, 2.45) is 7.05 Å². The van der Waals surface area contributed by atoms with E-state index in [1.54, 1.807) is 7.05 Å². The maximum absolute atomic E-state index is 12.4. The lowest BCUT2D eigenvalue weighted by molar-refractivity contribution is 0.715. The first-order valence-corrected chi connectivity index (χ1v) is 6.85. The van der Waals surface area contributed by atoms with Crippen molar-refractivity contribution in [1.29, 1.82) is 5.26 Å². The summed E-state index contributed by atoms with van der Waals surface area (Å²) in [6.45, 7) is 0. The summed E-state index contributed by atoms with van der Waals surface area (Å²) < 4.78 is 2.98. The number of fused-ring (bicyclic) bond motifs is 3. The molecule has 94 valence electrons. The van der Waals surface area contributed by atoms with E-state index in [0.717, 1.165) is 5.52 Å². The molecule has 5 nitrogen and oxygen atoms in total. The highest BCUT2D eigenvalue weighted by molar-refractivity contribution is 7.98. The highest BCUT2D eigenvalue weighted by Crippen LogP contribution is 2.23. The van der Waals surface area contributed by atoms with Crippen LogP contribution in [0.4, 0.5) is 0 Å². The van der Waals surface area contributed by atoms with Gasteiger partial charge in [0.15, 0.2) is 5.65 Å². The molecule has 1 aromatic carbocycles. The molecule has 0 aliphatic rings. The van der Waals surface area contributed by atoms with E-state index in [-0.39, 0.29) is 5.69 Å². The van der Waals surface area contributed by atoms with Gasteiger partial charge in [-0.2, -0.15) is 5.26 Å². The molecule has 0 saturated heterocycles. The van der Waals surface area contributed by atoms with Crippen molar-refractivity contribution in [2.75, 3.05) is 6.26 Å². The van der Waals surface area contributed by atoms with Gasteiger partial charge >= 0.3 is 5.69 Å². The molecule has 0 aliphatic heterocycles. The predicted octanol–water partition coefficient (Wildman–Crippen LogP) is 1.78. The molecule has 6 heteroatoms. The van der Waals surface area contributed by atoms with Crippen LogP contribution in [0.15, 0.2) is 34.1 Å². The van der Waals surface area contributed by atoms with Crippen molar-refractivity contribution < 1.29 is 0 Å². The zero-order valence-electron chi connectivity index (χ0n) is 10.4. The number of nitrogens with zero attached hydrogens (tertiary/aromatic N) is 4. The Morgan fingerprint density at radius 3 is 2.79 bits per heavy atom. The zero-order valence-corrected chi connectivity index (χ0v) is 11.2. The number of benzene rings is 1. The van der Waals surface area contributed by atoms with Crippen molar-refractivity contribution in [3.05, 3.63) is 40.3 Å². The van der Waals surface area contributed by atoms with Crippen molar-refractivity contribution in [1.82, 2.24) is 14.0 Å². The number of imidazole rings is 1. The second kappa shape index (κ2) is 4.14. The van der Waals surface area contributed by atoms with Gasteiger partial charge in [-0.1, -0.05) is 12.1 Å².